The van der Waals surface area contributed by atoms with Gasteiger partial charge in [0.2, 0.25) is 0 Å². The first-order valence-electron chi connectivity index (χ1n) is 4.83. The van der Waals surface area contributed by atoms with Crippen molar-refractivity contribution < 1.29 is 9.13 Å². The first-order valence-corrected chi connectivity index (χ1v) is 4.83. The summed E-state index contributed by atoms with van der Waals surface area (Å²) in [6.07, 6.45) is 1.15. The third kappa shape index (κ3) is 1.79. The summed E-state index contributed by atoms with van der Waals surface area (Å²) in [5.74, 6) is -0.189. The van der Waals surface area contributed by atoms with Crippen LogP contribution in [0.3, 0.4) is 0 Å². The van der Waals surface area contributed by atoms with Crippen molar-refractivity contribution in [1.82, 2.24) is 5.32 Å². The first-order chi connectivity index (χ1) is 6.81. The van der Waals surface area contributed by atoms with Gasteiger partial charge in [0.1, 0.15) is 5.82 Å². The van der Waals surface area contributed by atoms with Crippen molar-refractivity contribution in [3.63, 3.8) is 0 Å². The largest absolute Gasteiger partial charge is 0.379 e. The van der Waals surface area contributed by atoms with E-state index in [2.05, 4.69) is 5.32 Å². The molecular formula is C11H14FNO. The lowest BCUT2D eigenvalue weighted by Gasteiger charge is -2.18. The SMILES string of the molecule is COC1CCNC1c1cccc(F)c1. The van der Waals surface area contributed by atoms with E-state index in [9.17, 15) is 4.39 Å². The highest BCUT2D eigenvalue weighted by Crippen LogP contribution is 2.25. The summed E-state index contributed by atoms with van der Waals surface area (Å²) in [5.41, 5.74) is 0.967. The lowest BCUT2D eigenvalue weighted by Crippen LogP contribution is -2.22. The van der Waals surface area contributed by atoms with Gasteiger partial charge in [0, 0.05) is 7.11 Å². The molecule has 1 fully saturated rings. The van der Waals surface area contributed by atoms with Crippen molar-refractivity contribution in [3.05, 3.63) is 35.6 Å². The predicted molar refractivity (Wildman–Crippen MR) is 52.6 cm³/mol. The molecule has 76 valence electrons. The van der Waals surface area contributed by atoms with Crippen LogP contribution < -0.4 is 5.32 Å². The Balaban J connectivity index is 2.21. The third-order valence-electron chi connectivity index (χ3n) is 2.68. The van der Waals surface area contributed by atoms with Gasteiger partial charge in [0.15, 0.2) is 0 Å². The molecule has 1 aromatic carbocycles. The van der Waals surface area contributed by atoms with E-state index in [-0.39, 0.29) is 18.0 Å². The van der Waals surface area contributed by atoms with Crippen LogP contribution in [-0.2, 0) is 4.74 Å². The van der Waals surface area contributed by atoms with Gasteiger partial charge in [-0.15, -0.1) is 0 Å². The minimum atomic E-state index is -0.189. The van der Waals surface area contributed by atoms with Gasteiger partial charge in [-0.1, -0.05) is 12.1 Å². The summed E-state index contributed by atoms with van der Waals surface area (Å²) >= 11 is 0. The molecule has 0 radical (unpaired) electrons. The molecule has 14 heavy (non-hydrogen) atoms. The summed E-state index contributed by atoms with van der Waals surface area (Å²) in [5, 5.41) is 3.31. The number of hydrogen-bond donors (Lipinski definition) is 1. The molecule has 2 nitrogen and oxygen atoms in total. The molecule has 2 rings (SSSR count). The molecule has 2 unspecified atom stereocenters. The lowest BCUT2D eigenvalue weighted by atomic mass is 10.0. The predicted octanol–water partition coefficient (Wildman–Crippen LogP) is 1.88. The molecule has 1 N–H and O–H groups in total. The Morgan fingerprint density at radius 3 is 3.07 bits per heavy atom. The normalized spacial score (nSPS) is 26.7. The van der Waals surface area contributed by atoms with Crippen LogP contribution in [0.5, 0.6) is 0 Å². The van der Waals surface area contributed by atoms with Crippen molar-refractivity contribution in [2.24, 2.45) is 0 Å². The van der Waals surface area contributed by atoms with Crippen molar-refractivity contribution in [2.75, 3.05) is 13.7 Å². The van der Waals surface area contributed by atoms with Crippen LogP contribution in [0.25, 0.3) is 0 Å². The Morgan fingerprint density at radius 2 is 2.36 bits per heavy atom. The fraction of sp³-hybridized carbons (Fsp3) is 0.455. The number of halogens is 1. The molecule has 0 aliphatic carbocycles. The smallest absolute Gasteiger partial charge is 0.123 e. The number of methoxy groups -OCH3 is 1. The van der Waals surface area contributed by atoms with E-state index < -0.39 is 0 Å². The molecule has 1 aliphatic rings. The Bertz CT molecular complexity index is 316. The maximum Gasteiger partial charge on any atom is 0.123 e. The van der Waals surface area contributed by atoms with Crippen molar-refractivity contribution in [3.8, 4) is 0 Å². The molecule has 0 aromatic heterocycles. The average Bonchev–Trinajstić information content (AvgIpc) is 2.65. The fourth-order valence-electron chi connectivity index (χ4n) is 1.97. The van der Waals surface area contributed by atoms with E-state index in [4.69, 9.17) is 4.74 Å². The summed E-state index contributed by atoms with van der Waals surface area (Å²) in [6.45, 7) is 0.930. The summed E-state index contributed by atoms with van der Waals surface area (Å²) in [7, 11) is 1.70. The van der Waals surface area contributed by atoms with Crippen LogP contribution >= 0.6 is 0 Å². The summed E-state index contributed by atoms with van der Waals surface area (Å²) in [6, 6.07) is 6.82. The van der Waals surface area contributed by atoms with E-state index in [1.165, 1.54) is 6.07 Å². The van der Waals surface area contributed by atoms with Crippen LogP contribution in [0.2, 0.25) is 0 Å². The molecule has 1 saturated heterocycles. The van der Waals surface area contributed by atoms with Gasteiger partial charge in [0.05, 0.1) is 12.1 Å². The van der Waals surface area contributed by atoms with E-state index in [0.717, 1.165) is 18.5 Å². The number of ether oxygens (including phenoxy) is 1. The van der Waals surface area contributed by atoms with E-state index in [1.54, 1.807) is 19.2 Å². The molecule has 0 saturated carbocycles. The molecule has 1 aromatic rings. The number of benzene rings is 1. The molecule has 1 aliphatic heterocycles. The van der Waals surface area contributed by atoms with Gasteiger partial charge in [-0.25, -0.2) is 4.39 Å². The standard InChI is InChI=1S/C11H14FNO/c1-14-10-5-6-13-11(10)8-3-2-4-9(12)7-8/h2-4,7,10-11,13H,5-6H2,1H3. The second-order valence-corrected chi connectivity index (χ2v) is 3.55. The van der Waals surface area contributed by atoms with Gasteiger partial charge in [-0.2, -0.15) is 0 Å². The minimum Gasteiger partial charge on any atom is -0.379 e. The zero-order chi connectivity index (χ0) is 9.97. The molecule has 3 heteroatoms. The van der Waals surface area contributed by atoms with Gasteiger partial charge in [-0.3, -0.25) is 0 Å². The second kappa shape index (κ2) is 4.07. The molecule has 0 spiro atoms. The molecule has 0 bridgehead atoms. The monoisotopic (exact) mass is 195 g/mol. The zero-order valence-electron chi connectivity index (χ0n) is 8.16. The second-order valence-electron chi connectivity index (χ2n) is 3.55. The Labute approximate surface area is 83.1 Å². The van der Waals surface area contributed by atoms with Crippen molar-refractivity contribution in [2.45, 2.75) is 18.6 Å². The maximum atomic E-state index is 13.0. The minimum absolute atomic E-state index is 0.135. The molecule has 0 amide bonds. The van der Waals surface area contributed by atoms with Gasteiger partial charge in [0.25, 0.3) is 0 Å². The number of nitrogens with one attached hydrogen (secondary N) is 1. The average molecular weight is 195 g/mol. The highest BCUT2D eigenvalue weighted by atomic mass is 19.1. The molecular weight excluding hydrogens is 181 g/mol. The van der Waals surface area contributed by atoms with Crippen LogP contribution in [0.4, 0.5) is 4.39 Å². The Kier molecular flexibility index (Phi) is 2.79. The maximum absolute atomic E-state index is 13.0. The van der Waals surface area contributed by atoms with E-state index in [0.29, 0.717) is 0 Å². The van der Waals surface area contributed by atoms with Gasteiger partial charge in [-0.05, 0) is 30.7 Å². The molecule has 1 heterocycles. The molecule has 2 atom stereocenters. The Morgan fingerprint density at radius 1 is 1.50 bits per heavy atom. The fourth-order valence-corrected chi connectivity index (χ4v) is 1.97. The highest BCUT2D eigenvalue weighted by molar-refractivity contribution is 5.22. The lowest BCUT2D eigenvalue weighted by molar-refractivity contribution is 0.0919. The van der Waals surface area contributed by atoms with Crippen LogP contribution in [-0.4, -0.2) is 19.8 Å². The Hall–Kier alpha value is -0.930. The topological polar surface area (TPSA) is 21.3 Å². The third-order valence-corrected chi connectivity index (χ3v) is 2.68. The highest BCUT2D eigenvalue weighted by Gasteiger charge is 2.27. The number of rotatable bonds is 2. The quantitative estimate of drug-likeness (QED) is 0.778. The van der Waals surface area contributed by atoms with Crippen molar-refractivity contribution >= 4 is 0 Å². The first kappa shape index (κ1) is 9.62. The van der Waals surface area contributed by atoms with Crippen molar-refractivity contribution in [1.29, 1.82) is 0 Å². The van der Waals surface area contributed by atoms with Crippen LogP contribution in [0.1, 0.15) is 18.0 Å². The number of hydrogen-bond acceptors (Lipinski definition) is 2. The summed E-state index contributed by atoms with van der Waals surface area (Å²) in [4.78, 5) is 0. The summed E-state index contributed by atoms with van der Waals surface area (Å²) < 4.78 is 18.3. The van der Waals surface area contributed by atoms with Gasteiger partial charge >= 0.3 is 0 Å². The van der Waals surface area contributed by atoms with Crippen LogP contribution in [0.15, 0.2) is 24.3 Å². The zero-order valence-corrected chi connectivity index (χ0v) is 8.16. The van der Waals surface area contributed by atoms with Gasteiger partial charge < -0.3 is 10.1 Å². The van der Waals surface area contributed by atoms with E-state index in [1.807, 2.05) is 6.07 Å². The van der Waals surface area contributed by atoms with Crippen LogP contribution in [0, 0.1) is 5.82 Å². The van der Waals surface area contributed by atoms with E-state index >= 15 is 0 Å².